The van der Waals surface area contributed by atoms with Gasteiger partial charge in [-0.25, -0.2) is 0 Å². The van der Waals surface area contributed by atoms with Gasteiger partial charge in [-0.1, -0.05) is 11.6 Å². The molecule has 0 saturated carbocycles. The Morgan fingerprint density at radius 1 is 1.15 bits per heavy atom. The highest BCUT2D eigenvalue weighted by Gasteiger charge is 2.37. The number of carbonyl (C=O) groups is 2. The van der Waals surface area contributed by atoms with Gasteiger partial charge in [0, 0.05) is 22.8 Å². The number of rotatable bonds is 5. The summed E-state index contributed by atoms with van der Waals surface area (Å²) in [5.74, 6) is 0.480. The first-order chi connectivity index (χ1) is 12.4. The summed E-state index contributed by atoms with van der Waals surface area (Å²) in [6.45, 7) is 3.91. The fourth-order valence-electron chi connectivity index (χ4n) is 2.97. The molecule has 1 aliphatic heterocycles. The van der Waals surface area contributed by atoms with Crippen LogP contribution in [0.15, 0.2) is 48.5 Å². The molecule has 1 saturated heterocycles. The molecule has 26 heavy (non-hydrogen) atoms. The predicted octanol–water partition coefficient (Wildman–Crippen LogP) is 4.26. The van der Waals surface area contributed by atoms with Gasteiger partial charge in [-0.05, 0) is 68.8 Å². The zero-order chi connectivity index (χ0) is 18.7. The van der Waals surface area contributed by atoms with E-state index in [4.69, 9.17) is 16.3 Å². The lowest BCUT2D eigenvalue weighted by atomic mass is 10.2. The van der Waals surface area contributed by atoms with Crippen molar-refractivity contribution in [3.8, 4) is 5.75 Å². The summed E-state index contributed by atoms with van der Waals surface area (Å²) in [5.41, 5.74) is 1.35. The number of benzene rings is 2. The van der Waals surface area contributed by atoms with Crippen molar-refractivity contribution in [2.24, 2.45) is 0 Å². The number of halogens is 1. The van der Waals surface area contributed by atoms with Crippen LogP contribution in [0.2, 0.25) is 5.02 Å². The number of nitrogens with one attached hydrogen (secondary N) is 1. The number of hydrogen-bond acceptors (Lipinski definition) is 3. The first-order valence-electron chi connectivity index (χ1n) is 8.59. The van der Waals surface area contributed by atoms with Gasteiger partial charge in [0.15, 0.2) is 0 Å². The average molecular weight is 373 g/mol. The SMILES string of the molecule is CC(C)Oc1ccc(NC(=O)C2CCC(=O)N2c2ccc(Cl)cc2)cc1. The van der Waals surface area contributed by atoms with Gasteiger partial charge in [-0.2, -0.15) is 0 Å². The molecule has 5 nitrogen and oxygen atoms in total. The Morgan fingerprint density at radius 2 is 1.81 bits per heavy atom. The van der Waals surface area contributed by atoms with E-state index < -0.39 is 6.04 Å². The molecule has 0 aromatic heterocycles. The molecule has 1 N–H and O–H groups in total. The summed E-state index contributed by atoms with van der Waals surface area (Å²) < 4.78 is 5.60. The second kappa shape index (κ2) is 7.79. The summed E-state index contributed by atoms with van der Waals surface area (Å²) in [7, 11) is 0. The first-order valence-corrected chi connectivity index (χ1v) is 8.97. The highest BCUT2D eigenvalue weighted by molar-refractivity contribution is 6.30. The lowest BCUT2D eigenvalue weighted by molar-refractivity contribution is -0.120. The minimum atomic E-state index is -0.532. The van der Waals surface area contributed by atoms with Crippen LogP contribution in [0.4, 0.5) is 11.4 Å². The Labute approximate surface area is 157 Å². The quantitative estimate of drug-likeness (QED) is 0.853. The van der Waals surface area contributed by atoms with Crippen LogP contribution >= 0.6 is 11.6 Å². The summed E-state index contributed by atoms with van der Waals surface area (Å²) in [6.07, 6.45) is 0.928. The molecular weight excluding hydrogens is 352 g/mol. The fraction of sp³-hybridized carbons (Fsp3) is 0.300. The monoisotopic (exact) mass is 372 g/mol. The Morgan fingerprint density at radius 3 is 2.42 bits per heavy atom. The molecule has 0 bridgehead atoms. The van der Waals surface area contributed by atoms with Gasteiger partial charge in [-0.3, -0.25) is 14.5 Å². The van der Waals surface area contributed by atoms with Crippen LogP contribution in [0.3, 0.4) is 0 Å². The summed E-state index contributed by atoms with van der Waals surface area (Å²) in [4.78, 5) is 26.5. The summed E-state index contributed by atoms with van der Waals surface area (Å²) in [5, 5.41) is 3.47. The zero-order valence-corrected chi connectivity index (χ0v) is 15.5. The minimum absolute atomic E-state index is 0.0619. The number of carbonyl (C=O) groups excluding carboxylic acids is 2. The van der Waals surface area contributed by atoms with Crippen LogP contribution in [0.5, 0.6) is 5.75 Å². The highest BCUT2D eigenvalue weighted by atomic mass is 35.5. The molecule has 136 valence electrons. The number of nitrogens with zero attached hydrogens (tertiary/aromatic N) is 1. The molecule has 2 amide bonds. The van der Waals surface area contributed by atoms with Gasteiger partial charge in [-0.15, -0.1) is 0 Å². The molecule has 2 aromatic carbocycles. The van der Waals surface area contributed by atoms with Crippen molar-refractivity contribution in [2.75, 3.05) is 10.2 Å². The minimum Gasteiger partial charge on any atom is -0.491 e. The van der Waals surface area contributed by atoms with Crippen molar-refractivity contribution in [3.63, 3.8) is 0 Å². The molecule has 6 heteroatoms. The van der Waals surface area contributed by atoms with Crippen LogP contribution in [-0.2, 0) is 9.59 Å². The number of hydrogen-bond donors (Lipinski definition) is 1. The normalized spacial score (nSPS) is 16.8. The van der Waals surface area contributed by atoms with Crippen molar-refractivity contribution >= 4 is 34.8 Å². The van der Waals surface area contributed by atoms with Crippen LogP contribution < -0.4 is 15.0 Å². The average Bonchev–Trinajstić information content (AvgIpc) is 2.99. The molecule has 1 heterocycles. The summed E-state index contributed by atoms with van der Waals surface area (Å²) >= 11 is 5.91. The van der Waals surface area contributed by atoms with Crippen molar-refractivity contribution < 1.29 is 14.3 Å². The fourth-order valence-corrected chi connectivity index (χ4v) is 3.10. The van der Waals surface area contributed by atoms with E-state index in [1.165, 1.54) is 0 Å². The maximum Gasteiger partial charge on any atom is 0.247 e. The lowest BCUT2D eigenvalue weighted by Crippen LogP contribution is -2.41. The molecule has 1 aliphatic rings. The Bertz CT molecular complexity index is 788. The number of ether oxygens (including phenoxy) is 1. The van der Waals surface area contributed by atoms with Crippen LogP contribution in [0, 0.1) is 0 Å². The van der Waals surface area contributed by atoms with E-state index in [0.29, 0.717) is 29.2 Å². The highest BCUT2D eigenvalue weighted by Crippen LogP contribution is 2.29. The Hall–Kier alpha value is -2.53. The van der Waals surface area contributed by atoms with E-state index in [0.717, 1.165) is 5.75 Å². The third-order valence-corrected chi connectivity index (χ3v) is 4.37. The number of amides is 2. The third kappa shape index (κ3) is 4.17. The van der Waals surface area contributed by atoms with E-state index in [-0.39, 0.29) is 17.9 Å². The second-order valence-electron chi connectivity index (χ2n) is 6.47. The van der Waals surface area contributed by atoms with Gasteiger partial charge >= 0.3 is 0 Å². The van der Waals surface area contributed by atoms with Crippen LogP contribution in [0.25, 0.3) is 0 Å². The maximum absolute atomic E-state index is 12.7. The van der Waals surface area contributed by atoms with Gasteiger partial charge < -0.3 is 10.1 Å². The largest absolute Gasteiger partial charge is 0.491 e. The van der Waals surface area contributed by atoms with Gasteiger partial charge in [0.05, 0.1) is 6.10 Å². The standard InChI is InChI=1S/C20H21ClN2O3/c1-13(2)26-17-9-5-15(6-10-17)22-20(25)18-11-12-19(24)23(18)16-7-3-14(21)4-8-16/h3-10,13,18H,11-12H2,1-2H3,(H,22,25). The molecule has 2 aromatic rings. The molecule has 1 atom stereocenters. The zero-order valence-electron chi connectivity index (χ0n) is 14.7. The van der Waals surface area contributed by atoms with Crippen LogP contribution in [0.1, 0.15) is 26.7 Å². The van der Waals surface area contributed by atoms with Gasteiger partial charge in [0.2, 0.25) is 11.8 Å². The van der Waals surface area contributed by atoms with E-state index >= 15 is 0 Å². The van der Waals surface area contributed by atoms with E-state index in [2.05, 4.69) is 5.32 Å². The molecule has 1 unspecified atom stereocenters. The molecule has 1 fully saturated rings. The van der Waals surface area contributed by atoms with E-state index in [1.807, 2.05) is 26.0 Å². The van der Waals surface area contributed by atoms with Crippen molar-refractivity contribution in [1.82, 2.24) is 0 Å². The Balaban J connectivity index is 1.72. The molecule has 3 rings (SSSR count). The number of anilines is 2. The summed E-state index contributed by atoms with van der Waals surface area (Å²) in [6, 6.07) is 13.6. The molecule has 0 radical (unpaired) electrons. The predicted molar refractivity (Wildman–Crippen MR) is 103 cm³/mol. The smallest absolute Gasteiger partial charge is 0.247 e. The maximum atomic E-state index is 12.7. The van der Waals surface area contributed by atoms with E-state index in [9.17, 15) is 9.59 Å². The second-order valence-corrected chi connectivity index (χ2v) is 6.91. The van der Waals surface area contributed by atoms with E-state index in [1.54, 1.807) is 41.3 Å². The molecule has 0 aliphatic carbocycles. The van der Waals surface area contributed by atoms with Gasteiger partial charge in [0.1, 0.15) is 11.8 Å². The van der Waals surface area contributed by atoms with Crippen molar-refractivity contribution in [1.29, 1.82) is 0 Å². The topological polar surface area (TPSA) is 58.6 Å². The lowest BCUT2D eigenvalue weighted by Gasteiger charge is -2.24. The van der Waals surface area contributed by atoms with Crippen molar-refractivity contribution in [2.45, 2.75) is 38.8 Å². The third-order valence-electron chi connectivity index (χ3n) is 4.11. The van der Waals surface area contributed by atoms with Crippen LogP contribution in [-0.4, -0.2) is 24.0 Å². The Kier molecular flexibility index (Phi) is 5.47. The van der Waals surface area contributed by atoms with Crippen molar-refractivity contribution in [3.05, 3.63) is 53.6 Å². The van der Waals surface area contributed by atoms with Gasteiger partial charge in [0.25, 0.3) is 0 Å². The molecule has 0 spiro atoms. The first kappa shape index (κ1) is 18.3. The molecular formula is C20H21ClN2O3.